The lowest BCUT2D eigenvalue weighted by Crippen LogP contribution is -2.28. The van der Waals surface area contributed by atoms with Gasteiger partial charge in [-0.3, -0.25) is 4.79 Å². The van der Waals surface area contributed by atoms with Crippen LogP contribution in [0.4, 0.5) is 13.2 Å². The first-order chi connectivity index (χ1) is 8.81. The van der Waals surface area contributed by atoms with Crippen LogP contribution >= 0.6 is 0 Å². The summed E-state index contributed by atoms with van der Waals surface area (Å²) < 4.78 is 44.3. The zero-order valence-electron chi connectivity index (χ0n) is 10.2. The number of rotatable bonds is 6. The summed E-state index contributed by atoms with van der Waals surface area (Å²) in [5.41, 5.74) is 5.90. The molecule has 106 valence electrons. The lowest BCUT2D eigenvalue weighted by Gasteiger charge is -2.11. The molecule has 1 aromatic carbocycles. The molecule has 1 aromatic rings. The number of halogens is 3. The molecule has 0 aromatic heterocycles. The Morgan fingerprint density at radius 3 is 2.37 bits per heavy atom. The first-order valence-corrected chi connectivity index (χ1v) is 5.45. The Hall–Kier alpha value is -1.60. The van der Waals surface area contributed by atoms with E-state index < -0.39 is 12.4 Å². The van der Waals surface area contributed by atoms with E-state index in [0.717, 1.165) is 12.1 Å². The van der Waals surface area contributed by atoms with E-state index >= 15 is 0 Å². The maximum absolute atomic E-state index is 11.9. The molecule has 2 N–H and O–H groups in total. The predicted molar refractivity (Wildman–Crippen MR) is 61.9 cm³/mol. The maximum Gasteiger partial charge on any atom is 0.573 e. The van der Waals surface area contributed by atoms with Gasteiger partial charge in [-0.05, 0) is 24.3 Å². The fraction of sp³-hybridized carbons (Fsp3) is 0.417. The summed E-state index contributed by atoms with van der Waals surface area (Å²) in [6, 6.07) is 4.26. The maximum atomic E-state index is 11.9. The average molecular weight is 277 g/mol. The molecule has 0 bridgehead atoms. The van der Waals surface area contributed by atoms with Crippen molar-refractivity contribution >= 4 is 5.78 Å². The smallest absolute Gasteiger partial charge is 0.406 e. The van der Waals surface area contributed by atoms with Crippen LogP contribution in [0.25, 0.3) is 0 Å². The molecule has 19 heavy (non-hydrogen) atoms. The number of carbonyl (C=O) groups excluding carboxylic acids is 1. The molecule has 0 amide bonds. The van der Waals surface area contributed by atoms with E-state index in [2.05, 4.69) is 4.74 Å². The minimum atomic E-state index is -4.74. The lowest BCUT2D eigenvalue weighted by molar-refractivity contribution is -0.274. The minimum absolute atomic E-state index is 0.0628. The number of methoxy groups -OCH3 is 1. The van der Waals surface area contributed by atoms with Crippen LogP contribution in [0.2, 0.25) is 0 Å². The van der Waals surface area contributed by atoms with Crippen LogP contribution in [-0.4, -0.2) is 31.9 Å². The number of ketones is 1. The second-order valence-corrected chi connectivity index (χ2v) is 3.91. The Kier molecular flexibility index (Phi) is 5.31. The van der Waals surface area contributed by atoms with Crippen LogP contribution in [0.5, 0.6) is 5.75 Å². The van der Waals surface area contributed by atoms with Gasteiger partial charge in [-0.2, -0.15) is 0 Å². The Balaban J connectivity index is 2.63. The third-order valence-electron chi connectivity index (χ3n) is 2.24. The largest absolute Gasteiger partial charge is 0.573 e. The van der Waals surface area contributed by atoms with E-state index in [1.54, 1.807) is 0 Å². The van der Waals surface area contributed by atoms with E-state index in [9.17, 15) is 18.0 Å². The summed E-state index contributed by atoms with van der Waals surface area (Å²) >= 11 is 0. The van der Waals surface area contributed by atoms with E-state index in [-0.39, 0.29) is 30.1 Å². The molecule has 0 aliphatic rings. The van der Waals surface area contributed by atoms with E-state index in [1.165, 1.54) is 19.2 Å². The topological polar surface area (TPSA) is 61.5 Å². The molecule has 0 saturated carbocycles. The Morgan fingerprint density at radius 1 is 1.32 bits per heavy atom. The molecule has 0 aliphatic heterocycles. The fourth-order valence-corrected chi connectivity index (χ4v) is 1.47. The van der Waals surface area contributed by atoms with Gasteiger partial charge in [0, 0.05) is 25.1 Å². The standard InChI is InChI=1S/C12H14F3NO3/c1-18-7-9(16)6-11(17)8-2-4-10(5-3-8)19-12(13,14)15/h2-5,9H,6-7,16H2,1H3. The zero-order chi connectivity index (χ0) is 14.5. The van der Waals surface area contributed by atoms with Crippen LogP contribution in [0.3, 0.4) is 0 Å². The lowest BCUT2D eigenvalue weighted by atomic mass is 10.0. The van der Waals surface area contributed by atoms with Crippen molar-refractivity contribution in [3.8, 4) is 5.75 Å². The summed E-state index contributed by atoms with van der Waals surface area (Å²) in [6.45, 7) is 0.237. The van der Waals surface area contributed by atoms with Gasteiger partial charge in [0.1, 0.15) is 5.75 Å². The number of Topliss-reactive ketones (excluding diaryl/α,β-unsaturated/α-hetero) is 1. The summed E-state index contributed by atoms with van der Waals surface area (Å²) in [5, 5.41) is 0. The SMILES string of the molecule is COCC(N)CC(=O)c1ccc(OC(F)(F)F)cc1. The average Bonchev–Trinajstić information content (AvgIpc) is 2.27. The van der Waals surface area contributed by atoms with Gasteiger partial charge >= 0.3 is 6.36 Å². The highest BCUT2D eigenvalue weighted by atomic mass is 19.4. The van der Waals surface area contributed by atoms with Gasteiger partial charge in [0.15, 0.2) is 5.78 Å². The van der Waals surface area contributed by atoms with E-state index in [0.29, 0.717) is 0 Å². The highest BCUT2D eigenvalue weighted by molar-refractivity contribution is 5.96. The molecule has 4 nitrogen and oxygen atoms in total. The number of hydrogen-bond donors (Lipinski definition) is 1. The molecule has 0 radical (unpaired) electrons. The second kappa shape index (κ2) is 6.53. The quantitative estimate of drug-likeness (QED) is 0.809. The van der Waals surface area contributed by atoms with Crippen LogP contribution in [0.1, 0.15) is 16.8 Å². The van der Waals surface area contributed by atoms with Crippen molar-refractivity contribution in [1.29, 1.82) is 0 Å². The van der Waals surface area contributed by atoms with Crippen molar-refractivity contribution in [1.82, 2.24) is 0 Å². The molecule has 0 heterocycles. The van der Waals surface area contributed by atoms with E-state index in [1.807, 2.05) is 0 Å². The van der Waals surface area contributed by atoms with Crippen molar-refractivity contribution in [2.24, 2.45) is 5.73 Å². The third kappa shape index (κ3) is 5.71. The van der Waals surface area contributed by atoms with Crippen LogP contribution in [0.15, 0.2) is 24.3 Å². The molecule has 1 unspecified atom stereocenters. The van der Waals surface area contributed by atoms with Crippen molar-refractivity contribution in [2.45, 2.75) is 18.8 Å². The van der Waals surface area contributed by atoms with Gasteiger partial charge in [-0.1, -0.05) is 0 Å². The molecule has 0 saturated heterocycles. The Morgan fingerprint density at radius 2 is 1.89 bits per heavy atom. The van der Waals surface area contributed by atoms with Gasteiger partial charge in [0.05, 0.1) is 6.61 Å². The minimum Gasteiger partial charge on any atom is -0.406 e. The Bertz CT molecular complexity index is 417. The Labute approximate surface area is 108 Å². The number of hydrogen-bond acceptors (Lipinski definition) is 4. The van der Waals surface area contributed by atoms with Crippen LogP contribution in [-0.2, 0) is 4.74 Å². The summed E-state index contributed by atoms with van der Waals surface area (Å²) in [4.78, 5) is 11.7. The predicted octanol–water partition coefficient (Wildman–Crippen LogP) is 2.13. The second-order valence-electron chi connectivity index (χ2n) is 3.91. The monoisotopic (exact) mass is 277 g/mol. The summed E-state index contributed by atoms with van der Waals surface area (Å²) in [6.07, 6.45) is -4.68. The summed E-state index contributed by atoms with van der Waals surface area (Å²) in [7, 11) is 1.47. The normalized spacial score (nSPS) is 13.1. The van der Waals surface area contributed by atoms with Gasteiger partial charge in [-0.15, -0.1) is 13.2 Å². The molecular formula is C12H14F3NO3. The fourth-order valence-electron chi connectivity index (χ4n) is 1.47. The van der Waals surface area contributed by atoms with Crippen LogP contribution < -0.4 is 10.5 Å². The van der Waals surface area contributed by atoms with Gasteiger partial charge in [0.25, 0.3) is 0 Å². The number of nitrogens with two attached hydrogens (primary N) is 1. The first-order valence-electron chi connectivity index (χ1n) is 5.45. The van der Waals surface area contributed by atoms with Gasteiger partial charge in [0.2, 0.25) is 0 Å². The molecule has 0 aliphatic carbocycles. The molecule has 1 rings (SSSR count). The molecule has 0 fully saturated rings. The first kappa shape index (κ1) is 15.5. The molecule has 7 heteroatoms. The molecule has 1 atom stereocenters. The van der Waals surface area contributed by atoms with Crippen molar-refractivity contribution in [3.63, 3.8) is 0 Å². The summed E-state index contributed by atoms with van der Waals surface area (Å²) in [5.74, 6) is -0.631. The zero-order valence-corrected chi connectivity index (χ0v) is 10.2. The number of ether oxygens (including phenoxy) is 2. The van der Waals surface area contributed by atoms with Crippen molar-refractivity contribution in [2.75, 3.05) is 13.7 Å². The van der Waals surface area contributed by atoms with Gasteiger partial charge in [-0.25, -0.2) is 0 Å². The highest BCUT2D eigenvalue weighted by Gasteiger charge is 2.31. The van der Waals surface area contributed by atoms with Crippen molar-refractivity contribution in [3.05, 3.63) is 29.8 Å². The van der Waals surface area contributed by atoms with Crippen LogP contribution in [0, 0.1) is 0 Å². The van der Waals surface area contributed by atoms with E-state index in [4.69, 9.17) is 10.5 Å². The number of alkyl halides is 3. The molecule has 0 spiro atoms. The number of carbonyl (C=O) groups is 1. The van der Waals surface area contributed by atoms with Crippen molar-refractivity contribution < 1.29 is 27.4 Å². The molecular weight excluding hydrogens is 263 g/mol. The number of benzene rings is 1. The third-order valence-corrected chi connectivity index (χ3v) is 2.24. The van der Waals surface area contributed by atoms with Gasteiger partial charge < -0.3 is 15.2 Å². The highest BCUT2D eigenvalue weighted by Crippen LogP contribution is 2.23.